The number of nitrogens with one attached hydrogen (secondary N) is 1. The van der Waals surface area contributed by atoms with Crippen LogP contribution in [-0.2, 0) is 9.53 Å². The molecule has 5 rings (SSSR count). The van der Waals surface area contributed by atoms with E-state index in [1.807, 2.05) is 54.3 Å². The van der Waals surface area contributed by atoms with Crippen molar-refractivity contribution in [3.8, 4) is 0 Å². The molecule has 2 aromatic rings. The first-order chi connectivity index (χ1) is 16.6. The Morgan fingerprint density at radius 1 is 1.00 bits per heavy atom. The van der Waals surface area contributed by atoms with E-state index < -0.39 is 0 Å². The Morgan fingerprint density at radius 3 is 2.35 bits per heavy atom. The van der Waals surface area contributed by atoms with Crippen LogP contribution in [0.3, 0.4) is 0 Å². The zero-order chi connectivity index (χ0) is 23.5. The summed E-state index contributed by atoms with van der Waals surface area (Å²) in [4.78, 5) is 30.2. The molecule has 6 heteroatoms. The maximum atomic E-state index is 12.9. The molecule has 34 heavy (non-hydrogen) atoms. The number of carbonyl (C=O) groups is 2. The fraction of sp³-hybridized carbons (Fsp3) is 0.500. The molecule has 2 amide bonds. The number of hydrogen-bond acceptors (Lipinski definition) is 4. The number of rotatable bonds is 7. The molecule has 3 aliphatic heterocycles. The Morgan fingerprint density at radius 2 is 1.71 bits per heavy atom. The summed E-state index contributed by atoms with van der Waals surface area (Å²) >= 11 is 0. The highest BCUT2D eigenvalue weighted by Gasteiger charge is 2.41. The predicted octanol–water partition coefficient (Wildman–Crippen LogP) is 3.28. The second kappa shape index (κ2) is 10.3. The fourth-order valence-electron chi connectivity index (χ4n) is 5.67. The lowest BCUT2D eigenvalue weighted by atomic mass is 10.0. The minimum Gasteiger partial charge on any atom is -0.381 e. The van der Waals surface area contributed by atoms with Crippen molar-refractivity contribution in [3.63, 3.8) is 0 Å². The highest BCUT2D eigenvalue weighted by molar-refractivity contribution is 5.94. The molecule has 3 heterocycles. The van der Waals surface area contributed by atoms with Gasteiger partial charge in [0.1, 0.15) is 0 Å². The summed E-state index contributed by atoms with van der Waals surface area (Å²) in [5.74, 6) is 1.30. The van der Waals surface area contributed by atoms with Crippen LogP contribution < -0.4 is 5.32 Å². The van der Waals surface area contributed by atoms with Gasteiger partial charge in [-0.3, -0.25) is 9.59 Å². The number of likely N-dealkylation sites (tertiary alicyclic amines) is 2. The molecule has 3 unspecified atom stereocenters. The highest BCUT2D eigenvalue weighted by Crippen LogP contribution is 2.32. The molecule has 2 aromatic carbocycles. The van der Waals surface area contributed by atoms with E-state index in [0.29, 0.717) is 25.0 Å². The SMILES string of the molecule is Cc1ccc(C(=O)N2CC3CN(CC[C@H](NC(=O)C4CCOC4)c4ccccc4)CC3C2)cc1. The zero-order valence-corrected chi connectivity index (χ0v) is 20.0. The molecular formula is C28H35N3O3. The standard InChI is InChI=1S/C28H35N3O3/c1-20-7-9-22(10-8-20)28(33)31-17-24-15-30(16-25(24)18-31)13-11-26(21-5-3-2-4-6-21)29-27(32)23-12-14-34-19-23/h2-10,23-26H,11-19H2,1H3,(H,29,32)/t23?,24?,25?,26-/m0/s1. The second-order valence-corrected chi connectivity index (χ2v) is 10.2. The minimum absolute atomic E-state index is 0.00866. The van der Waals surface area contributed by atoms with Gasteiger partial charge >= 0.3 is 0 Å². The molecule has 1 N–H and O–H groups in total. The topological polar surface area (TPSA) is 61.9 Å². The average Bonchev–Trinajstić information content (AvgIpc) is 3.59. The van der Waals surface area contributed by atoms with Gasteiger partial charge in [-0.15, -0.1) is 0 Å². The molecule has 0 saturated carbocycles. The zero-order valence-electron chi connectivity index (χ0n) is 20.0. The Balaban J connectivity index is 1.15. The number of carbonyl (C=O) groups excluding carboxylic acids is 2. The van der Waals surface area contributed by atoms with Crippen LogP contribution in [0.15, 0.2) is 54.6 Å². The van der Waals surface area contributed by atoms with Crippen molar-refractivity contribution >= 4 is 11.8 Å². The van der Waals surface area contributed by atoms with Crippen molar-refractivity contribution in [2.75, 3.05) is 45.9 Å². The van der Waals surface area contributed by atoms with Crippen LogP contribution in [0.1, 0.15) is 40.4 Å². The van der Waals surface area contributed by atoms with Gasteiger partial charge in [0.25, 0.3) is 5.91 Å². The van der Waals surface area contributed by atoms with Gasteiger partial charge in [-0.2, -0.15) is 0 Å². The van der Waals surface area contributed by atoms with Crippen molar-refractivity contribution < 1.29 is 14.3 Å². The summed E-state index contributed by atoms with van der Waals surface area (Å²) in [5.41, 5.74) is 3.12. The quantitative estimate of drug-likeness (QED) is 0.688. The first-order valence-electron chi connectivity index (χ1n) is 12.6. The van der Waals surface area contributed by atoms with E-state index in [1.165, 1.54) is 5.56 Å². The number of amides is 2. The highest BCUT2D eigenvalue weighted by atomic mass is 16.5. The van der Waals surface area contributed by atoms with E-state index in [-0.39, 0.29) is 23.8 Å². The number of ether oxygens (including phenoxy) is 1. The summed E-state index contributed by atoms with van der Waals surface area (Å²) in [6, 6.07) is 18.2. The minimum atomic E-state index is -0.0330. The number of nitrogens with zero attached hydrogens (tertiary/aromatic N) is 2. The Kier molecular flexibility index (Phi) is 6.97. The third kappa shape index (κ3) is 5.18. The van der Waals surface area contributed by atoms with Crippen molar-refractivity contribution in [3.05, 3.63) is 71.3 Å². The third-order valence-electron chi connectivity index (χ3n) is 7.70. The van der Waals surface area contributed by atoms with Crippen molar-refractivity contribution in [1.29, 1.82) is 0 Å². The molecule has 180 valence electrons. The summed E-state index contributed by atoms with van der Waals surface area (Å²) in [7, 11) is 0. The van der Waals surface area contributed by atoms with Gasteiger partial charge in [0.15, 0.2) is 0 Å². The van der Waals surface area contributed by atoms with Crippen LogP contribution in [0.2, 0.25) is 0 Å². The van der Waals surface area contributed by atoms with E-state index in [1.54, 1.807) is 0 Å². The van der Waals surface area contributed by atoms with Crippen LogP contribution >= 0.6 is 0 Å². The number of benzene rings is 2. The van der Waals surface area contributed by atoms with Gasteiger partial charge in [-0.05, 0) is 49.3 Å². The van der Waals surface area contributed by atoms with Gasteiger partial charge < -0.3 is 19.9 Å². The smallest absolute Gasteiger partial charge is 0.253 e. The summed E-state index contributed by atoms with van der Waals surface area (Å²) in [6.45, 7) is 7.92. The Bertz CT molecular complexity index is 974. The molecule has 4 atom stereocenters. The van der Waals surface area contributed by atoms with Crippen molar-refractivity contribution in [1.82, 2.24) is 15.1 Å². The number of fused-ring (bicyclic) bond motifs is 1. The number of aryl methyl sites for hydroxylation is 1. The van der Waals surface area contributed by atoms with Crippen LogP contribution in [0.25, 0.3) is 0 Å². The van der Waals surface area contributed by atoms with E-state index in [0.717, 1.165) is 56.7 Å². The predicted molar refractivity (Wildman–Crippen MR) is 131 cm³/mol. The summed E-state index contributed by atoms with van der Waals surface area (Å²) < 4.78 is 5.41. The lowest BCUT2D eigenvalue weighted by Gasteiger charge is -2.25. The lowest BCUT2D eigenvalue weighted by molar-refractivity contribution is -0.125. The monoisotopic (exact) mass is 461 g/mol. The summed E-state index contributed by atoms with van der Waals surface area (Å²) in [5, 5.41) is 3.30. The Hall–Kier alpha value is -2.70. The molecule has 0 bridgehead atoms. The normalized spacial score (nSPS) is 25.3. The molecule has 0 spiro atoms. The van der Waals surface area contributed by atoms with Crippen molar-refractivity contribution in [2.45, 2.75) is 25.8 Å². The molecular weight excluding hydrogens is 426 g/mol. The van der Waals surface area contributed by atoms with Crippen LogP contribution in [0.4, 0.5) is 0 Å². The molecule has 6 nitrogen and oxygen atoms in total. The first kappa shape index (κ1) is 23.1. The Labute approximate surface area is 202 Å². The van der Waals surface area contributed by atoms with E-state index >= 15 is 0 Å². The molecule has 3 saturated heterocycles. The molecule has 0 radical (unpaired) electrons. The molecule has 3 aliphatic rings. The maximum absolute atomic E-state index is 12.9. The second-order valence-electron chi connectivity index (χ2n) is 10.2. The van der Waals surface area contributed by atoms with E-state index in [4.69, 9.17) is 4.74 Å². The van der Waals surface area contributed by atoms with Gasteiger partial charge in [-0.25, -0.2) is 0 Å². The van der Waals surface area contributed by atoms with Crippen molar-refractivity contribution in [2.24, 2.45) is 17.8 Å². The van der Waals surface area contributed by atoms with Crippen LogP contribution in [-0.4, -0.2) is 67.6 Å². The molecule has 0 aliphatic carbocycles. The summed E-state index contributed by atoms with van der Waals surface area (Å²) in [6.07, 6.45) is 1.69. The van der Waals surface area contributed by atoms with Crippen LogP contribution in [0.5, 0.6) is 0 Å². The van der Waals surface area contributed by atoms with E-state index in [2.05, 4.69) is 22.3 Å². The number of hydrogen-bond donors (Lipinski definition) is 1. The van der Waals surface area contributed by atoms with Gasteiger partial charge in [0.2, 0.25) is 5.91 Å². The average molecular weight is 462 g/mol. The van der Waals surface area contributed by atoms with E-state index in [9.17, 15) is 9.59 Å². The fourth-order valence-corrected chi connectivity index (χ4v) is 5.67. The molecule has 0 aromatic heterocycles. The first-order valence-corrected chi connectivity index (χ1v) is 12.6. The van der Waals surface area contributed by atoms with Gasteiger partial charge in [0, 0.05) is 44.9 Å². The molecule has 3 fully saturated rings. The lowest BCUT2D eigenvalue weighted by Crippen LogP contribution is -2.37. The largest absolute Gasteiger partial charge is 0.381 e. The van der Waals surface area contributed by atoms with Crippen LogP contribution in [0, 0.1) is 24.7 Å². The maximum Gasteiger partial charge on any atom is 0.253 e. The van der Waals surface area contributed by atoms with Gasteiger partial charge in [-0.1, -0.05) is 48.0 Å². The third-order valence-corrected chi connectivity index (χ3v) is 7.70. The van der Waals surface area contributed by atoms with Gasteiger partial charge in [0.05, 0.1) is 18.6 Å².